The average molecular weight is 348 g/mol. The molecule has 0 radical (unpaired) electrons. The summed E-state index contributed by atoms with van der Waals surface area (Å²) >= 11 is 9.58. The maximum Gasteiger partial charge on any atom is 0.0702 e. The summed E-state index contributed by atoms with van der Waals surface area (Å²) in [5, 5.41) is 1.76. The number of benzene rings is 2. The Morgan fingerprint density at radius 2 is 1.95 bits per heavy atom. The lowest BCUT2D eigenvalue weighted by molar-refractivity contribution is 0.867. The summed E-state index contributed by atoms with van der Waals surface area (Å²) in [6.45, 7) is 0. The molecule has 100 valence electrons. The highest BCUT2D eigenvalue weighted by Gasteiger charge is 2.13. The van der Waals surface area contributed by atoms with E-state index < -0.39 is 0 Å². The van der Waals surface area contributed by atoms with Gasteiger partial charge in [0.1, 0.15) is 0 Å². The van der Waals surface area contributed by atoms with Crippen molar-refractivity contribution in [3.63, 3.8) is 0 Å². The van der Waals surface area contributed by atoms with Crippen LogP contribution in [0.15, 0.2) is 59.2 Å². The summed E-state index contributed by atoms with van der Waals surface area (Å²) in [4.78, 5) is 4.31. The monoisotopic (exact) mass is 346 g/mol. The van der Waals surface area contributed by atoms with Gasteiger partial charge in [-0.05, 0) is 47.5 Å². The van der Waals surface area contributed by atoms with E-state index in [1.807, 2.05) is 42.5 Å². The van der Waals surface area contributed by atoms with Crippen LogP contribution < -0.4 is 5.73 Å². The van der Waals surface area contributed by atoms with Gasteiger partial charge in [-0.25, -0.2) is 0 Å². The third kappa shape index (κ3) is 2.57. The minimum atomic E-state index is -0.229. The van der Waals surface area contributed by atoms with Crippen LogP contribution in [0.4, 0.5) is 0 Å². The van der Waals surface area contributed by atoms with Crippen LogP contribution in [-0.4, -0.2) is 4.98 Å². The normalized spacial score (nSPS) is 12.6. The molecule has 20 heavy (non-hydrogen) atoms. The zero-order chi connectivity index (χ0) is 14.1. The first-order valence-corrected chi connectivity index (χ1v) is 7.37. The van der Waals surface area contributed by atoms with Crippen LogP contribution in [0.5, 0.6) is 0 Å². The van der Waals surface area contributed by atoms with Crippen LogP contribution in [-0.2, 0) is 0 Å². The number of fused-ring (bicyclic) bond motifs is 1. The molecule has 2 N–H and O–H groups in total. The third-order valence-corrected chi connectivity index (χ3v) is 4.24. The zero-order valence-electron chi connectivity index (χ0n) is 10.6. The van der Waals surface area contributed by atoms with Gasteiger partial charge in [-0.15, -0.1) is 0 Å². The van der Waals surface area contributed by atoms with E-state index in [1.165, 1.54) is 0 Å². The van der Waals surface area contributed by atoms with Gasteiger partial charge in [0.15, 0.2) is 0 Å². The lowest BCUT2D eigenvalue weighted by atomic mass is 9.98. The van der Waals surface area contributed by atoms with Gasteiger partial charge in [-0.2, -0.15) is 0 Å². The van der Waals surface area contributed by atoms with Crippen LogP contribution >= 0.6 is 27.5 Å². The highest BCUT2D eigenvalue weighted by Crippen LogP contribution is 2.30. The van der Waals surface area contributed by atoms with Crippen molar-refractivity contribution in [2.45, 2.75) is 6.04 Å². The van der Waals surface area contributed by atoms with Gasteiger partial charge in [-0.3, -0.25) is 4.98 Å². The molecule has 4 heteroatoms. The highest BCUT2D eigenvalue weighted by molar-refractivity contribution is 9.10. The van der Waals surface area contributed by atoms with E-state index in [2.05, 4.69) is 27.0 Å². The molecule has 2 aromatic carbocycles. The van der Waals surface area contributed by atoms with Gasteiger partial charge in [0.2, 0.25) is 0 Å². The Bertz CT molecular complexity index is 773. The maximum absolute atomic E-state index is 6.37. The molecular formula is C16H12BrClN2. The molecule has 1 heterocycles. The Kier molecular flexibility index (Phi) is 3.74. The molecule has 0 saturated carbocycles. The molecule has 0 amide bonds. The highest BCUT2D eigenvalue weighted by atomic mass is 79.9. The standard InChI is InChI=1S/C16H12BrClN2/c17-14-5-4-12(18)9-13(14)16(19)11-3-6-15-10(8-11)2-1-7-20-15/h1-9,16H,19H2. The Morgan fingerprint density at radius 1 is 1.10 bits per heavy atom. The van der Waals surface area contributed by atoms with Crippen molar-refractivity contribution < 1.29 is 0 Å². The summed E-state index contributed by atoms with van der Waals surface area (Å²) < 4.78 is 0.959. The summed E-state index contributed by atoms with van der Waals surface area (Å²) in [6, 6.07) is 15.4. The van der Waals surface area contributed by atoms with Crippen molar-refractivity contribution in [2.24, 2.45) is 5.73 Å². The van der Waals surface area contributed by atoms with Gasteiger partial charge < -0.3 is 5.73 Å². The molecule has 1 aromatic heterocycles. The van der Waals surface area contributed by atoms with Gasteiger partial charge in [-0.1, -0.05) is 39.7 Å². The van der Waals surface area contributed by atoms with Gasteiger partial charge in [0.05, 0.1) is 11.6 Å². The Labute approximate surface area is 130 Å². The van der Waals surface area contributed by atoms with Gasteiger partial charge in [0, 0.05) is 21.1 Å². The second kappa shape index (κ2) is 5.52. The van der Waals surface area contributed by atoms with E-state index in [4.69, 9.17) is 17.3 Å². The number of nitrogens with zero attached hydrogens (tertiary/aromatic N) is 1. The van der Waals surface area contributed by atoms with Crippen molar-refractivity contribution >= 4 is 38.4 Å². The molecule has 0 saturated heterocycles. The van der Waals surface area contributed by atoms with E-state index in [0.717, 1.165) is 26.5 Å². The average Bonchev–Trinajstić information content (AvgIpc) is 2.48. The van der Waals surface area contributed by atoms with E-state index in [0.29, 0.717) is 5.02 Å². The zero-order valence-corrected chi connectivity index (χ0v) is 12.9. The molecule has 0 fully saturated rings. The fourth-order valence-corrected chi connectivity index (χ4v) is 2.89. The first-order chi connectivity index (χ1) is 9.65. The second-order valence-corrected chi connectivity index (χ2v) is 5.89. The lowest BCUT2D eigenvalue weighted by Crippen LogP contribution is -2.12. The summed E-state index contributed by atoms with van der Waals surface area (Å²) in [5.41, 5.74) is 9.34. The second-order valence-electron chi connectivity index (χ2n) is 4.60. The Hall–Kier alpha value is -1.42. The van der Waals surface area contributed by atoms with E-state index in [1.54, 1.807) is 6.20 Å². The Morgan fingerprint density at radius 3 is 2.80 bits per heavy atom. The first-order valence-electron chi connectivity index (χ1n) is 6.20. The number of hydrogen-bond acceptors (Lipinski definition) is 2. The van der Waals surface area contributed by atoms with E-state index in [9.17, 15) is 0 Å². The van der Waals surface area contributed by atoms with Crippen molar-refractivity contribution in [2.75, 3.05) is 0 Å². The Balaban J connectivity index is 2.07. The molecule has 3 rings (SSSR count). The number of rotatable bonds is 2. The summed E-state index contributed by atoms with van der Waals surface area (Å²) in [7, 11) is 0. The van der Waals surface area contributed by atoms with E-state index in [-0.39, 0.29) is 6.04 Å². The van der Waals surface area contributed by atoms with Crippen LogP contribution in [0.3, 0.4) is 0 Å². The van der Waals surface area contributed by atoms with Crippen LogP contribution in [0.2, 0.25) is 5.02 Å². The van der Waals surface area contributed by atoms with Crippen molar-refractivity contribution in [3.8, 4) is 0 Å². The predicted octanol–water partition coefficient (Wildman–Crippen LogP) is 4.70. The maximum atomic E-state index is 6.37. The van der Waals surface area contributed by atoms with Crippen LogP contribution in [0.25, 0.3) is 10.9 Å². The van der Waals surface area contributed by atoms with Gasteiger partial charge in [0.25, 0.3) is 0 Å². The molecule has 0 aliphatic carbocycles. The molecule has 1 unspecified atom stereocenters. The number of halogens is 2. The molecule has 0 bridgehead atoms. The van der Waals surface area contributed by atoms with Gasteiger partial charge >= 0.3 is 0 Å². The van der Waals surface area contributed by atoms with Crippen molar-refractivity contribution in [1.82, 2.24) is 4.98 Å². The fraction of sp³-hybridized carbons (Fsp3) is 0.0625. The number of hydrogen-bond donors (Lipinski definition) is 1. The quantitative estimate of drug-likeness (QED) is 0.730. The van der Waals surface area contributed by atoms with Crippen molar-refractivity contribution in [1.29, 1.82) is 0 Å². The third-order valence-electron chi connectivity index (χ3n) is 3.28. The molecule has 0 spiro atoms. The van der Waals surface area contributed by atoms with Crippen LogP contribution in [0.1, 0.15) is 17.2 Å². The van der Waals surface area contributed by atoms with Crippen LogP contribution in [0, 0.1) is 0 Å². The van der Waals surface area contributed by atoms with Crippen molar-refractivity contribution in [3.05, 3.63) is 75.4 Å². The minimum absolute atomic E-state index is 0.229. The molecule has 2 nitrogen and oxygen atoms in total. The largest absolute Gasteiger partial charge is 0.320 e. The summed E-state index contributed by atoms with van der Waals surface area (Å²) in [5.74, 6) is 0. The fourth-order valence-electron chi connectivity index (χ4n) is 2.22. The molecule has 1 atom stereocenters. The first kappa shape index (κ1) is 13.6. The number of aromatic nitrogens is 1. The summed E-state index contributed by atoms with van der Waals surface area (Å²) in [6.07, 6.45) is 1.79. The van der Waals surface area contributed by atoms with E-state index >= 15 is 0 Å². The predicted molar refractivity (Wildman–Crippen MR) is 86.9 cm³/mol. The molecule has 0 aliphatic heterocycles. The molecule has 3 aromatic rings. The number of nitrogens with two attached hydrogens (primary N) is 1. The smallest absolute Gasteiger partial charge is 0.0702 e. The lowest BCUT2D eigenvalue weighted by Gasteiger charge is -2.15. The molecular weight excluding hydrogens is 336 g/mol. The SMILES string of the molecule is NC(c1ccc2ncccc2c1)c1cc(Cl)ccc1Br. The number of pyridine rings is 1. The molecule has 0 aliphatic rings. The minimum Gasteiger partial charge on any atom is -0.320 e. The topological polar surface area (TPSA) is 38.9 Å².